The fourth-order valence-electron chi connectivity index (χ4n) is 3.68. The molecule has 0 bridgehead atoms. The summed E-state index contributed by atoms with van der Waals surface area (Å²) in [6.07, 6.45) is 0. The van der Waals surface area contributed by atoms with E-state index in [1.54, 1.807) is 0 Å². The molecule has 0 radical (unpaired) electrons. The predicted molar refractivity (Wildman–Crippen MR) is 145 cm³/mol. The molecule has 1 saturated heterocycles. The number of hydrogen-bond donors (Lipinski definition) is 2. The van der Waals surface area contributed by atoms with E-state index < -0.39 is 0 Å². The van der Waals surface area contributed by atoms with E-state index in [-0.39, 0.29) is 24.0 Å². The first-order chi connectivity index (χ1) is 15.1. The van der Waals surface area contributed by atoms with Crippen molar-refractivity contribution >= 4 is 29.9 Å². The Bertz CT molecular complexity index is 666. The van der Waals surface area contributed by atoms with Gasteiger partial charge in [-0.25, -0.2) is 4.99 Å². The molecule has 184 valence electrons. The van der Waals surface area contributed by atoms with E-state index in [1.165, 1.54) is 5.56 Å². The molecule has 0 aliphatic carbocycles. The average molecular weight is 562 g/mol. The Hall–Kier alpha value is -1.10. The fraction of sp³-hybridized carbons (Fsp3) is 0.708. The third-order valence-corrected chi connectivity index (χ3v) is 5.71. The molecule has 0 spiro atoms. The number of benzene rings is 1. The molecule has 0 saturated carbocycles. The second-order valence-electron chi connectivity index (χ2n) is 8.05. The molecule has 1 heterocycles. The lowest BCUT2D eigenvalue weighted by molar-refractivity contribution is 0.107. The molecule has 0 aromatic heterocycles. The van der Waals surface area contributed by atoms with E-state index in [0.29, 0.717) is 32.4 Å². The number of aliphatic imine (C=N–C) groups is 1. The van der Waals surface area contributed by atoms with Gasteiger partial charge in [0.05, 0.1) is 13.2 Å². The van der Waals surface area contributed by atoms with Crippen LogP contribution in [0.3, 0.4) is 0 Å². The van der Waals surface area contributed by atoms with Gasteiger partial charge < -0.3 is 25.0 Å². The van der Waals surface area contributed by atoms with Gasteiger partial charge in [0, 0.05) is 57.5 Å². The summed E-state index contributed by atoms with van der Waals surface area (Å²) in [7, 11) is 0. The number of nitrogens with one attached hydrogen (secondary N) is 2. The molecular formula is C24H44IN5O2. The molecule has 1 unspecified atom stereocenters. The highest BCUT2D eigenvalue weighted by molar-refractivity contribution is 14.0. The zero-order chi connectivity index (χ0) is 22.5. The minimum atomic E-state index is 0. The number of likely N-dealkylation sites (N-methyl/N-ethyl adjacent to an activating group) is 1. The van der Waals surface area contributed by atoms with Crippen molar-refractivity contribution in [1.29, 1.82) is 0 Å². The van der Waals surface area contributed by atoms with E-state index in [0.717, 1.165) is 63.1 Å². The van der Waals surface area contributed by atoms with Crippen molar-refractivity contribution in [3.05, 3.63) is 29.3 Å². The lowest BCUT2D eigenvalue weighted by Gasteiger charge is -2.37. The highest BCUT2D eigenvalue weighted by Crippen LogP contribution is 2.21. The second kappa shape index (κ2) is 16.5. The molecule has 8 heteroatoms. The van der Waals surface area contributed by atoms with Gasteiger partial charge in [0.2, 0.25) is 0 Å². The van der Waals surface area contributed by atoms with Crippen LogP contribution < -0.4 is 15.4 Å². The largest absolute Gasteiger partial charge is 0.491 e. The van der Waals surface area contributed by atoms with Gasteiger partial charge in [-0.2, -0.15) is 0 Å². The monoisotopic (exact) mass is 561 g/mol. The van der Waals surface area contributed by atoms with Crippen molar-refractivity contribution in [2.24, 2.45) is 4.99 Å². The van der Waals surface area contributed by atoms with Crippen LogP contribution in [-0.4, -0.2) is 87.4 Å². The normalized spacial score (nSPS) is 16.3. The average Bonchev–Trinajstić information content (AvgIpc) is 2.79. The molecule has 2 N–H and O–H groups in total. The number of rotatable bonds is 12. The predicted octanol–water partition coefficient (Wildman–Crippen LogP) is 3.11. The van der Waals surface area contributed by atoms with E-state index >= 15 is 0 Å². The molecule has 1 atom stereocenters. The smallest absolute Gasteiger partial charge is 0.191 e. The van der Waals surface area contributed by atoms with Gasteiger partial charge in [0.15, 0.2) is 5.96 Å². The maximum atomic E-state index is 5.96. The highest BCUT2D eigenvalue weighted by atomic mass is 127. The van der Waals surface area contributed by atoms with Crippen LogP contribution in [0.1, 0.15) is 38.8 Å². The van der Waals surface area contributed by atoms with E-state index in [1.807, 2.05) is 6.92 Å². The zero-order valence-corrected chi connectivity index (χ0v) is 23.0. The van der Waals surface area contributed by atoms with E-state index in [2.05, 4.69) is 66.3 Å². The summed E-state index contributed by atoms with van der Waals surface area (Å²) in [6.45, 7) is 20.6. The molecule has 1 fully saturated rings. The standard InChI is InChI=1S/C24H43N5O2.HI/c1-6-25-24(26-18-21(5)29-13-11-28(7-2)12-14-29)27-19-22-10-9-20(4)17-23(22)31-16-15-30-8-3;/h9-10,17,21H,6-8,11-16,18-19H2,1-5H3,(H2,25,26,27);1H. The zero-order valence-electron chi connectivity index (χ0n) is 20.7. The summed E-state index contributed by atoms with van der Waals surface area (Å²) in [5.74, 6) is 1.74. The summed E-state index contributed by atoms with van der Waals surface area (Å²) < 4.78 is 11.4. The number of aryl methyl sites for hydroxylation is 1. The van der Waals surface area contributed by atoms with Gasteiger partial charge in [-0.05, 0) is 45.9 Å². The lowest BCUT2D eigenvalue weighted by atomic mass is 10.1. The lowest BCUT2D eigenvalue weighted by Crippen LogP contribution is -2.53. The molecule has 1 aliphatic heterocycles. The minimum absolute atomic E-state index is 0. The summed E-state index contributed by atoms with van der Waals surface area (Å²) in [5.41, 5.74) is 2.27. The molecule has 1 aromatic carbocycles. The maximum absolute atomic E-state index is 5.96. The van der Waals surface area contributed by atoms with Crippen molar-refractivity contribution in [1.82, 2.24) is 20.4 Å². The minimum Gasteiger partial charge on any atom is -0.491 e. The van der Waals surface area contributed by atoms with Gasteiger partial charge in [0.25, 0.3) is 0 Å². The van der Waals surface area contributed by atoms with Crippen molar-refractivity contribution in [2.75, 3.05) is 65.6 Å². The van der Waals surface area contributed by atoms with Crippen LogP contribution in [0.15, 0.2) is 23.2 Å². The molecular weight excluding hydrogens is 517 g/mol. The van der Waals surface area contributed by atoms with E-state index in [9.17, 15) is 0 Å². The number of guanidine groups is 1. The third kappa shape index (κ3) is 10.2. The van der Waals surface area contributed by atoms with Crippen molar-refractivity contribution < 1.29 is 9.47 Å². The van der Waals surface area contributed by atoms with Crippen molar-refractivity contribution in [3.8, 4) is 5.75 Å². The molecule has 1 aromatic rings. The Morgan fingerprint density at radius 1 is 1.09 bits per heavy atom. The summed E-state index contributed by atoms with van der Waals surface area (Å²) in [5, 5.41) is 6.90. The Balaban J connectivity index is 0.00000512. The Kier molecular flexibility index (Phi) is 14.9. The number of halogens is 1. The summed E-state index contributed by atoms with van der Waals surface area (Å²) in [4.78, 5) is 9.89. The van der Waals surface area contributed by atoms with Crippen LogP contribution in [0.4, 0.5) is 0 Å². The first-order valence-electron chi connectivity index (χ1n) is 11.9. The summed E-state index contributed by atoms with van der Waals surface area (Å²) in [6, 6.07) is 6.77. The van der Waals surface area contributed by atoms with Gasteiger partial charge in [-0.15, -0.1) is 24.0 Å². The quantitative estimate of drug-likeness (QED) is 0.177. The van der Waals surface area contributed by atoms with Crippen LogP contribution in [0.25, 0.3) is 0 Å². The number of hydrogen-bond acceptors (Lipinski definition) is 5. The van der Waals surface area contributed by atoms with Crippen LogP contribution in [0.2, 0.25) is 0 Å². The van der Waals surface area contributed by atoms with Gasteiger partial charge in [-0.1, -0.05) is 19.1 Å². The third-order valence-electron chi connectivity index (χ3n) is 5.71. The van der Waals surface area contributed by atoms with Crippen molar-refractivity contribution in [2.45, 2.75) is 47.2 Å². The van der Waals surface area contributed by atoms with Crippen molar-refractivity contribution in [3.63, 3.8) is 0 Å². The molecule has 0 amide bonds. The fourth-order valence-corrected chi connectivity index (χ4v) is 3.68. The molecule has 1 aliphatic rings. The Labute approximate surface area is 212 Å². The number of piperazine rings is 1. The number of ether oxygens (including phenoxy) is 2. The topological polar surface area (TPSA) is 61.4 Å². The first-order valence-corrected chi connectivity index (χ1v) is 11.9. The second-order valence-corrected chi connectivity index (χ2v) is 8.05. The molecule has 7 nitrogen and oxygen atoms in total. The van der Waals surface area contributed by atoms with Crippen LogP contribution in [0.5, 0.6) is 5.75 Å². The summed E-state index contributed by atoms with van der Waals surface area (Å²) >= 11 is 0. The van der Waals surface area contributed by atoms with Gasteiger partial charge in [-0.3, -0.25) is 4.90 Å². The Morgan fingerprint density at radius 3 is 2.50 bits per heavy atom. The first kappa shape index (κ1) is 28.9. The van der Waals surface area contributed by atoms with Crippen LogP contribution in [-0.2, 0) is 11.3 Å². The van der Waals surface area contributed by atoms with Gasteiger partial charge in [0.1, 0.15) is 12.4 Å². The highest BCUT2D eigenvalue weighted by Gasteiger charge is 2.20. The van der Waals surface area contributed by atoms with Crippen LogP contribution >= 0.6 is 24.0 Å². The molecule has 32 heavy (non-hydrogen) atoms. The SMILES string of the molecule is CCNC(=NCc1ccc(C)cc1OCCOCC)NCC(C)N1CCN(CC)CC1.I. The maximum Gasteiger partial charge on any atom is 0.191 e. The Morgan fingerprint density at radius 2 is 1.84 bits per heavy atom. The number of nitrogens with zero attached hydrogens (tertiary/aromatic N) is 3. The molecule has 2 rings (SSSR count). The van der Waals surface area contributed by atoms with E-state index in [4.69, 9.17) is 14.5 Å². The van der Waals surface area contributed by atoms with Gasteiger partial charge >= 0.3 is 0 Å². The van der Waals surface area contributed by atoms with Crippen LogP contribution in [0, 0.1) is 6.92 Å².